The lowest BCUT2D eigenvalue weighted by Gasteiger charge is -2.09. The Morgan fingerprint density at radius 1 is 1.57 bits per heavy atom. The van der Waals surface area contributed by atoms with Crippen molar-refractivity contribution in [1.29, 1.82) is 0 Å². The molecule has 78 valence electrons. The van der Waals surface area contributed by atoms with Crippen LogP contribution in [0.3, 0.4) is 0 Å². The van der Waals surface area contributed by atoms with Crippen LogP contribution in [0.5, 0.6) is 0 Å². The van der Waals surface area contributed by atoms with Crippen molar-refractivity contribution in [1.82, 2.24) is 5.32 Å². The first-order chi connectivity index (χ1) is 6.72. The first-order valence-corrected chi connectivity index (χ1v) is 6.21. The van der Waals surface area contributed by atoms with Gasteiger partial charge in [-0.05, 0) is 25.2 Å². The number of aliphatic hydroxyl groups excluding tert-OH is 1. The van der Waals surface area contributed by atoms with Crippen molar-refractivity contribution in [2.75, 3.05) is 19.3 Å². The van der Waals surface area contributed by atoms with Gasteiger partial charge in [0.2, 0.25) is 0 Å². The number of hydrogen-bond donors (Lipinski definition) is 2. The second-order valence-electron chi connectivity index (χ2n) is 2.98. The monoisotopic (exact) mass is 275 g/mol. The predicted molar refractivity (Wildman–Crippen MR) is 64.8 cm³/mol. The summed E-state index contributed by atoms with van der Waals surface area (Å²) in [7, 11) is 1.84. The van der Waals surface area contributed by atoms with E-state index in [0.29, 0.717) is 6.54 Å². The second-order valence-corrected chi connectivity index (χ2v) is 4.99. The first-order valence-electron chi connectivity index (χ1n) is 4.43. The zero-order valence-electron chi connectivity index (χ0n) is 8.03. The van der Waals surface area contributed by atoms with E-state index in [0.717, 1.165) is 10.2 Å². The second kappa shape index (κ2) is 6.45. The molecule has 0 radical (unpaired) electrons. The fourth-order valence-corrected chi connectivity index (χ4v) is 2.48. The maximum absolute atomic E-state index is 9.48. The summed E-state index contributed by atoms with van der Waals surface area (Å²) in [5, 5.41) is 12.4. The van der Waals surface area contributed by atoms with E-state index in [-0.39, 0.29) is 6.10 Å². The molecule has 0 spiro atoms. The summed E-state index contributed by atoms with van der Waals surface area (Å²) < 4.78 is 1.07. The zero-order valence-corrected chi connectivity index (χ0v) is 10.4. The number of halogens is 1. The Balaban J connectivity index is 2.37. The largest absolute Gasteiger partial charge is 0.391 e. The molecule has 1 unspecified atom stereocenters. The lowest BCUT2D eigenvalue weighted by Crippen LogP contribution is -2.25. The van der Waals surface area contributed by atoms with Gasteiger partial charge in [-0.25, -0.2) is 0 Å². The molecule has 0 aliphatic carbocycles. The van der Waals surface area contributed by atoms with Gasteiger partial charge in [0.25, 0.3) is 0 Å². The van der Waals surface area contributed by atoms with Gasteiger partial charge in [-0.2, -0.15) is 0 Å². The minimum Gasteiger partial charge on any atom is -0.391 e. The van der Waals surface area contributed by atoms with Crippen LogP contribution in [0.25, 0.3) is 0 Å². The molecule has 14 heavy (non-hydrogen) atoms. The first kappa shape index (κ1) is 12.0. The molecule has 0 heterocycles. The van der Waals surface area contributed by atoms with Gasteiger partial charge < -0.3 is 10.4 Å². The maximum Gasteiger partial charge on any atom is 0.0758 e. The molecule has 2 nitrogen and oxygen atoms in total. The van der Waals surface area contributed by atoms with Crippen LogP contribution in [-0.4, -0.2) is 30.6 Å². The van der Waals surface area contributed by atoms with Crippen LogP contribution in [0.1, 0.15) is 0 Å². The molecule has 1 aromatic carbocycles. The highest BCUT2D eigenvalue weighted by molar-refractivity contribution is 9.10. The Bertz CT molecular complexity index is 283. The maximum atomic E-state index is 9.48. The van der Waals surface area contributed by atoms with E-state index in [1.165, 1.54) is 4.90 Å². The highest BCUT2D eigenvalue weighted by Gasteiger charge is 2.03. The molecule has 0 bridgehead atoms. The van der Waals surface area contributed by atoms with E-state index in [2.05, 4.69) is 27.3 Å². The van der Waals surface area contributed by atoms with Crippen LogP contribution in [0.4, 0.5) is 0 Å². The third kappa shape index (κ3) is 4.46. The van der Waals surface area contributed by atoms with Crippen LogP contribution < -0.4 is 5.32 Å². The fourth-order valence-electron chi connectivity index (χ4n) is 1.04. The molecule has 4 heteroatoms. The normalized spacial score (nSPS) is 12.8. The van der Waals surface area contributed by atoms with Crippen molar-refractivity contribution in [3.63, 3.8) is 0 Å². The molecule has 1 aromatic rings. The van der Waals surface area contributed by atoms with Crippen molar-refractivity contribution in [2.24, 2.45) is 0 Å². The number of thioether (sulfide) groups is 1. The molecule has 0 saturated carbocycles. The van der Waals surface area contributed by atoms with Crippen LogP contribution in [-0.2, 0) is 0 Å². The van der Waals surface area contributed by atoms with Crippen molar-refractivity contribution in [3.05, 3.63) is 28.7 Å². The van der Waals surface area contributed by atoms with Gasteiger partial charge in [0, 0.05) is 21.7 Å². The average molecular weight is 276 g/mol. The highest BCUT2D eigenvalue weighted by atomic mass is 79.9. The Labute approximate surface area is 97.2 Å². The van der Waals surface area contributed by atoms with Gasteiger partial charge in [-0.3, -0.25) is 0 Å². The van der Waals surface area contributed by atoms with Gasteiger partial charge in [0.1, 0.15) is 0 Å². The van der Waals surface area contributed by atoms with E-state index in [1.54, 1.807) is 11.8 Å². The van der Waals surface area contributed by atoms with Crippen molar-refractivity contribution in [2.45, 2.75) is 11.0 Å². The topological polar surface area (TPSA) is 32.3 Å². The quantitative estimate of drug-likeness (QED) is 0.808. The minimum atomic E-state index is -0.288. The van der Waals surface area contributed by atoms with Crippen LogP contribution in [0, 0.1) is 0 Å². The summed E-state index contributed by atoms with van der Waals surface area (Å²) in [6, 6.07) is 8.09. The minimum absolute atomic E-state index is 0.288. The standard InChI is InChI=1S/C10H14BrNOS/c1-12-6-9(13)7-14-10-4-2-3-8(11)5-10/h2-5,9,12-13H,6-7H2,1H3. The van der Waals surface area contributed by atoms with Crippen molar-refractivity contribution in [3.8, 4) is 0 Å². The predicted octanol–water partition coefficient (Wildman–Crippen LogP) is 2.12. The Morgan fingerprint density at radius 2 is 2.36 bits per heavy atom. The molecule has 0 aliphatic heterocycles. The smallest absolute Gasteiger partial charge is 0.0758 e. The number of aliphatic hydroxyl groups is 1. The lowest BCUT2D eigenvalue weighted by molar-refractivity contribution is 0.199. The SMILES string of the molecule is CNCC(O)CSc1cccc(Br)c1. The van der Waals surface area contributed by atoms with E-state index < -0.39 is 0 Å². The van der Waals surface area contributed by atoms with Gasteiger partial charge in [0.15, 0.2) is 0 Å². The summed E-state index contributed by atoms with van der Waals surface area (Å²) in [5.74, 6) is 0.720. The summed E-state index contributed by atoms with van der Waals surface area (Å²) >= 11 is 5.07. The molecule has 1 atom stereocenters. The van der Waals surface area contributed by atoms with Crippen molar-refractivity contribution >= 4 is 27.7 Å². The number of rotatable bonds is 5. The van der Waals surface area contributed by atoms with Gasteiger partial charge in [-0.1, -0.05) is 22.0 Å². The molecule has 0 fully saturated rings. The Kier molecular flexibility index (Phi) is 5.55. The Morgan fingerprint density at radius 3 is 3.00 bits per heavy atom. The molecule has 0 amide bonds. The molecular weight excluding hydrogens is 262 g/mol. The van der Waals surface area contributed by atoms with Crippen LogP contribution >= 0.6 is 27.7 Å². The molecule has 0 saturated heterocycles. The summed E-state index contributed by atoms with van der Waals surface area (Å²) in [4.78, 5) is 1.18. The molecule has 0 aromatic heterocycles. The zero-order chi connectivity index (χ0) is 10.4. The highest BCUT2D eigenvalue weighted by Crippen LogP contribution is 2.22. The summed E-state index contributed by atoms with van der Waals surface area (Å²) in [6.07, 6.45) is -0.288. The van der Waals surface area contributed by atoms with E-state index >= 15 is 0 Å². The van der Waals surface area contributed by atoms with Crippen molar-refractivity contribution < 1.29 is 5.11 Å². The van der Waals surface area contributed by atoms with E-state index in [4.69, 9.17) is 0 Å². The molecule has 2 N–H and O–H groups in total. The number of likely N-dealkylation sites (N-methyl/N-ethyl adjacent to an activating group) is 1. The molecule has 0 aliphatic rings. The van der Waals surface area contributed by atoms with Gasteiger partial charge in [-0.15, -0.1) is 11.8 Å². The number of nitrogens with one attached hydrogen (secondary N) is 1. The summed E-state index contributed by atoms with van der Waals surface area (Å²) in [6.45, 7) is 0.640. The molecular formula is C10H14BrNOS. The number of hydrogen-bond acceptors (Lipinski definition) is 3. The van der Waals surface area contributed by atoms with Gasteiger partial charge >= 0.3 is 0 Å². The third-order valence-electron chi connectivity index (χ3n) is 1.68. The lowest BCUT2D eigenvalue weighted by atomic mass is 10.4. The van der Waals surface area contributed by atoms with E-state index in [1.807, 2.05) is 25.2 Å². The van der Waals surface area contributed by atoms with Crippen LogP contribution in [0.2, 0.25) is 0 Å². The third-order valence-corrected chi connectivity index (χ3v) is 3.31. The summed E-state index contributed by atoms with van der Waals surface area (Å²) in [5.41, 5.74) is 0. The van der Waals surface area contributed by atoms with E-state index in [9.17, 15) is 5.11 Å². The molecule has 1 rings (SSSR count). The average Bonchev–Trinajstić information content (AvgIpc) is 2.15. The van der Waals surface area contributed by atoms with Crippen LogP contribution in [0.15, 0.2) is 33.6 Å². The Hall–Kier alpha value is -0.0300. The fraction of sp³-hybridized carbons (Fsp3) is 0.400. The number of benzene rings is 1. The van der Waals surface area contributed by atoms with Gasteiger partial charge in [0.05, 0.1) is 6.10 Å².